The Labute approximate surface area is 149 Å². The molecular weight excluding hydrogens is 334 g/mol. The first-order valence-corrected chi connectivity index (χ1v) is 9.33. The SMILES string of the molecule is CCN(C(=O)c1sc2nc3n(c(=O)c2c1C)CCC3)c1ccccc1. The van der Waals surface area contributed by atoms with E-state index in [0.717, 1.165) is 36.5 Å². The molecule has 1 aromatic carbocycles. The molecule has 3 aromatic rings. The molecule has 1 aliphatic heterocycles. The number of aromatic nitrogens is 2. The van der Waals surface area contributed by atoms with Crippen molar-refractivity contribution in [2.24, 2.45) is 0 Å². The van der Waals surface area contributed by atoms with Crippen LogP contribution < -0.4 is 10.5 Å². The van der Waals surface area contributed by atoms with Gasteiger partial charge in [-0.25, -0.2) is 4.98 Å². The Morgan fingerprint density at radius 1 is 1.32 bits per heavy atom. The number of aryl methyl sites for hydroxylation is 2. The van der Waals surface area contributed by atoms with Crippen LogP contribution in [0.3, 0.4) is 0 Å². The summed E-state index contributed by atoms with van der Waals surface area (Å²) in [5, 5.41) is 0.600. The van der Waals surface area contributed by atoms with Crippen LogP contribution in [-0.2, 0) is 13.0 Å². The molecule has 2 aromatic heterocycles. The van der Waals surface area contributed by atoms with Gasteiger partial charge in [0.15, 0.2) is 0 Å². The summed E-state index contributed by atoms with van der Waals surface area (Å²) in [4.78, 5) is 33.6. The minimum absolute atomic E-state index is 0.00643. The molecule has 0 radical (unpaired) electrons. The lowest BCUT2D eigenvalue weighted by Gasteiger charge is -2.20. The number of thiophene rings is 1. The third kappa shape index (κ3) is 2.48. The number of carbonyl (C=O) groups is 1. The first-order valence-electron chi connectivity index (χ1n) is 8.51. The second-order valence-electron chi connectivity index (χ2n) is 6.21. The molecule has 0 fully saturated rings. The highest BCUT2D eigenvalue weighted by atomic mass is 32.1. The molecule has 0 saturated heterocycles. The van der Waals surface area contributed by atoms with E-state index < -0.39 is 0 Å². The van der Waals surface area contributed by atoms with Crippen molar-refractivity contribution in [3.63, 3.8) is 0 Å². The highest BCUT2D eigenvalue weighted by Gasteiger charge is 2.26. The summed E-state index contributed by atoms with van der Waals surface area (Å²) in [6.07, 6.45) is 1.79. The van der Waals surface area contributed by atoms with Crippen LogP contribution in [0.5, 0.6) is 0 Å². The van der Waals surface area contributed by atoms with Crippen LogP contribution in [0.4, 0.5) is 5.69 Å². The average Bonchev–Trinajstić information content (AvgIpc) is 3.22. The van der Waals surface area contributed by atoms with Gasteiger partial charge in [-0.15, -0.1) is 11.3 Å². The highest BCUT2D eigenvalue weighted by molar-refractivity contribution is 7.20. The Kier molecular flexibility index (Phi) is 3.92. The maximum absolute atomic E-state index is 13.1. The van der Waals surface area contributed by atoms with E-state index in [4.69, 9.17) is 0 Å². The number of rotatable bonds is 3. The van der Waals surface area contributed by atoms with Gasteiger partial charge >= 0.3 is 0 Å². The van der Waals surface area contributed by atoms with Crippen LogP contribution in [-0.4, -0.2) is 22.0 Å². The minimum Gasteiger partial charge on any atom is -0.308 e. The topological polar surface area (TPSA) is 55.2 Å². The van der Waals surface area contributed by atoms with Gasteiger partial charge in [-0.1, -0.05) is 18.2 Å². The lowest BCUT2D eigenvalue weighted by atomic mass is 10.2. The number of benzene rings is 1. The molecule has 6 heteroatoms. The first-order chi connectivity index (χ1) is 12.1. The van der Waals surface area contributed by atoms with Gasteiger partial charge in [0.2, 0.25) is 0 Å². The molecule has 4 rings (SSSR count). The standard InChI is InChI=1S/C19H19N3O2S/c1-3-21(13-8-5-4-6-9-13)19(24)16-12(2)15-17(25-16)20-14-10-7-11-22(14)18(15)23/h4-6,8-9H,3,7,10-11H2,1-2H3. The Hall–Kier alpha value is -2.47. The number of para-hydroxylation sites is 1. The van der Waals surface area contributed by atoms with Crippen molar-refractivity contribution in [3.8, 4) is 0 Å². The van der Waals surface area contributed by atoms with E-state index in [0.29, 0.717) is 21.6 Å². The summed E-state index contributed by atoms with van der Waals surface area (Å²) in [6, 6.07) is 9.61. The number of carbonyl (C=O) groups excluding carboxylic acids is 1. The van der Waals surface area contributed by atoms with Gasteiger partial charge in [0.1, 0.15) is 10.7 Å². The van der Waals surface area contributed by atoms with E-state index in [9.17, 15) is 9.59 Å². The summed E-state index contributed by atoms with van der Waals surface area (Å²) >= 11 is 1.33. The van der Waals surface area contributed by atoms with E-state index in [1.165, 1.54) is 11.3 Å². The van der Waals surface area contributed by atoms with Gasteiger partial charge in [-0.2, -0.15) is 0 Å². The zero-order valence-electron chi connectivity index (χ0n) is 14.3. The zero-order chi connectivity index (χ0) is 17.6. The predicted molar refractivity (Wildman–Crippen MR) is 101 cm³/mol. The van der Waals surface area contributed by atoms with E-state index in [-0.39, 0.29) is 11.5 Å². The number of amides is 1. The monoisotopic (exact) mass is 353 g/mol. The molecule has 3 heterocycles. The number of anilines is 1. The van der Waals surface area contributed by atoms with Crippen molar-refractivity contribution in [3.05, 3.63) is 57.0 Å². The van der Waals surface area contributed by atoms with E-state index in [1.807, 2.05) is 44.2 Å². The fourth-order valence-electron chi connectivity index (χ4n) is 3.45. The quantitative estimate of drug-likeness (QED) is 0.725. The Morgan fingerprint density at radius 3 is 2.80 bits per heavy atom. The summed E-state index contributed by atoms with van der Waals surface area (Å²) in [6.45, 7) is 5.10. The Morgan fingerprint density at radius 2 is 2.08 bits per heavy atom. The van der Waals surface area contributed by atoms with Crippen molar-refractivity contribution >= 4 is 33.1 Å². The summed E-state index contributed by atoms with van der Waals surface area (Å²) in [5.74, 6) is 0.770. The average molecular weight is 353 g/mol. The van der Waals surface area contributed by atoms with Crippen molar-refractivity contribution in [1.82, 2.24) is 9.55 Å². The van der Waals surface area contributed by atoms with Crippen molar-refractivity contribution in [2.45, 2.75) is 33.2 Å². The predicted octanol–water partition coefficient (Wildman–Crippen LogP) is 3.38. The normalized spacial score (nSPS) is 13.2. The Bertz CT molecular complexity index is 1020. The van der Waals surface area contributed by atoms with Gasteiger partial charge in [0, 0.05) is 25.2 Å². The summed E-state index contributed by atoms with van der Waals surface area (Å²) in [5.41, 5.74) is 1.60. The molecule has 25 heavy (non-hydrogen) atoms. The molecule has 0 spiro atoms. The Balaban J connectivity index is 1.84. The van der Waals surface area contributed by atoms with E-state index in [2.05, 4.69) is 4.98 Å². The number of fused-ring (bicyclic) bond motifs is 2. The maximum Gasteiger partial charge on any atom is 0.268 e. The molecule has 0 bridgehead atoms. The fourth-order valence-corrected chi connectivity index (χ4v) is 4.59. The smallest absolute Gasteiger partial charge is 0.268 e. The van der Waals surface area contributed by atoms with Crippen LogP contribution in [0.15, 0.2) is 35.1 Å². The number of hydrogen-bond donors (Lipinski definition) is 0. The molecule has 1 aliphatic rings. The number of nitrogens with zero attached hydrogens (tertiary/aromatic N) is 3. The van der Waals surface area contributed by atoms with Gasteiger partial charge in [-0.05, 0) is 38.0 Å². The largest absolute Gasteiger partial charge is 0.308 e. The molecule has 0 atom stereocenters. The molecule has 0 unspecified atom stereocenters. The van der Waals surface area contributed by atoms with Gasteiger partial charge in [-0.3, -0.25) is 14.2 Å². The van der Waals surface area contributed by atoms with Crippen molar-refractivity contribution < 1.29 is 4.79 Å². The van der Waals surface area contributed by atoms with E-state index in [1.54, 1.807) is 9.47 Å². The lowest BCUT2D eigenvalue weighted by Crippen LogP contribution is -2.30. The van der Waals surface area contributed by atoms with Crippen LogP contribution in [0.1, 0.15) is 34.4 Å². The second-order valence-corrected chi connectivity index (χ2v) is 7.21. The maximum atomic E-state index is 13.1. The van der Waals surface area contributed by atoms with Gasteiger partial charge in [0.05, 0.1) is 10.3 Å². The van der Waals surface area contributed by atoms with Crippen molar-refractivity contribution in [2.75, 3.05) is 11.4 Å². The van der Waals surface area contributed by atoms with Crippen LogP contribution in [0, 0.1) is 6.92 Å². The molecule has 0 saturated carbocycles. The molecule has 1 amide bonds. The van der Waals surface area contributed by atoms with Gasteiger partial charge in [0.25, 0.3) is 11.5 Å². The third-order valence-corrected chi connectivity index (χ3v) is 5.91. The third-order valence-electron chi connectivity index (χ3n) is 4.73. The van der Waals surface area contributed by atoms with E-state index >= 15 is 0 Å². The minimum atomic E-state index is -0.0706. The summed E-state index contributed by atoms with van der Waals surface area (Å²) in [7, 11) is 0. The van der Waals surface area contributed by atoms with Gasteiger partial charge < -0.3 is 4.90 Å². The van der Waals surface area contributed by atoms with Crippen LogP contribution in [0.2, 0.25) is 0 Å². The zero-order valence-corrected chi connectivity index (χ0v) is 15.1. The van der Waals surface area contributed by atoms with Crippen LogP contribution >= 0.6 is 11.3 Å². The number of hydrogen-bond acceptors (Lipinski definition) is 4. The molecule has 128 valence electrons. The molecule has 0 aliphatic carbocycles. The fraction of sp³-hybridized carbons (Fsp3) is 0.316. The summed E-state index contributed by atoms with van der Waals surface area (Å²) < 4.78 is 1.76. The lowest BCUT2D eigenvalue weighted by molar-refractivity contribution is 0.0991. The first kappa shape index (κ1) is 16.0. The molecule has 5 nitrogen and oxygen atoms in total. The highest BCUT2D eigenvalue weighted by Crippen LogP contribution is 2.30. The molecular formula is C19H19N3O2S. The second kappa shape index (κ2) is 6.11. The molecule has 0 N–H and O–H groups in total. The van der Waals surface area contributed by atoms with Crippen LogP contribution in [0.25, 0.3) is 10.2 Å². The van der Waals surface area contributed by atoms with Crippen molar-refractivity contribution in [1.29, 1.82) is 0 Å².